The van der Waals surface area contributed by atoms with Gasteiger partial charge in [0, 0.05) is 12.0 Å². The maximum absolute atomic E-state index is 12.1. The molecule has 22 heavy (non-hydrogen) atoms. The summed E-state index contributed by atoms with van der Waals surface area (Å²) in [5.41, 5.74) is 0.850. The Hall–Kier alpha value is -1.55. The monoisotopic (exact) mass is 322 g/mol. The molecule has 0 heterocycles. The molecule has 0 bridgehead atoms. The minimum absolute atomic E-state index is 0.0481. The van der Waals surface area contributed by atoms with Crippen LogP contribution in [0.15, 0.2) is 12.1 Å². The van der Waals surface area contributed by atoms with Crippen LogP contribution < -0.4 is 10.4 Å². The molecular formula is C17H21ClNO3-. The number of hydrogen-bond donors (Lipinski definition) is 1. The van der Waals surface area contributed by atoms with Gasteiger partial charge in [-0.25, -0.2) is 0 Å². The van der Waals surface area contributed by atoms with Crippen LogP contribution in [0, 0.1) is 12.8 Å². The number of amides is 1. The number of carbonyl (C=O) groups excluding carboxylic acids is 2. The molecule has 1 saturated carbocycles. The molecule has 0 saturated heterocycles. The molecule has 1 fully saturated rings. The normalized spacial score (nSPS) is 15.5. The second-order valence-corrected chi connectivity index (χ2v) is 6.38. The fourth-order valence-electron chi connectivity index (χ4n) is 3.07. The summed E-state index contributed by atoms with van der Waals surface area (Å²) < 4.78 is 0. The van der Waals surface area contributed by atoms with Gasteiger partial charge in [0.15, 0.2) is 0 Å². The van der Waals surface area contributed by atoms with E-state index in [0.29, 0.717) is 28.6 Å². The zero-order valence-electron chi connectivity index (χ0n) is 12.8. The second kappa shape index (κ2) is 7.63. The van der Waals surface area contributed by atoms with Crippen LogP contribution in [0.3, 0.4) is 0 Å². The van der Waals surface area contributed by atoms with E-state index in [9.17, 15) is 14.7 Å². The summed E-state index contributed by atoms with van der Waals surface area (Å²) in [6.45, 7) is 1.62. The molecule has 0 aromatic heterocycles. The zero-order valence-corrected chi connectivity index (χ0v) is 13.5. The summed E-state index contributed by atoms with van der Waals surface area (Å²) in [6.07, 6.45) is 7.53. The Morgan fingerprint density at radius 1 is 1.27 bits per heavy atom. The van der Waals surface area contributed by atoms with E-state index in [1.807, 2.05) is 0 Å². The van der Waals surface area contributed by atoms with Gasteiger partial charge < -0.3 is 15.2 Å². The molecule has 1 aliphatic carbocycles. The van der Waals surface area contributed by atoms with Crippen LogP contribution in [0.2, 0.25) is 5.02 Å². The van der Waals surface area contributed by atoms with Crippen molar-refractivity contribution in [2.24, 2.45) is 5.92 Å². The summed E-state index contributed by atoms with van der Waals surface area (Å²) in [6, 6.07) is 2.86. The van der Waals surface area contributed by atoms with E-state index in [2.05, 4.69) is 5.32 Å². The molecule has 0 spiro atoms. The Kier molecular flexibility index (Phi) is 5.83. The van der Waals surface area contributed by atoms with Gasteiger partial charge in [0.05, 0.1) is 16.7 Å². The van der Waals surface area contributed by atoms with Gasteiger partial charge in [-0.15, -0.1) is 0 Å². The van der Waals surface area contributed by atoms with Crippen LogP contribution in [0.5, 0.6) is 0 Å². The maximum atomic E-state index is 12.1. The first kappa shape index (κ1) is 16.8. The Bertz CT molecular complexity index is 565. The van der Waals surface area contributed by atoms with Crippen molar-refractivity contribution in [2.75, 3.05) is 5.32 Å². The average Bonchev–Trinajstić information content (AvgIpc) is 2.50. The smallest absolute Gasteiger partial charge is 0.224 e. The van der Waals surface area contributed by atoms with Crippen molar-refractivity contribution in [3.05, 3.63) is 28.3 Å². The third kappa shape index (κ3) is 4.23. The van der Waals surface area contributed by atoms with Crippen molar-refractivity contribution >= 4 is 29.2 Å². The summed E-state index contributed by atoms with van der Waals surface area (Å²) in [7, 11) is 0. The second-order valence-electron chi connectivity index (χ2n) is 5.97. The fraction of sp³-hybridized carbons (Fsp3) is 0.529. The highest BCUT2D eigenvalue weighted by atomic mass is 35.5. The number of carboxylic acid groups (broad SMARTS) is 1. The average molecular weight is 323 g/mol. The van der Waals surface area contributed by atoms with Crippen LogP contribution in [0.4, 0.5) is 5.69 Å². The predicted molar refractivity (Wildman–Crippen MR) is 85.0 cm³/mol. The number of nitrogens with one attached hydrogen (secondary N) is 1. The molecule has 2 rings (SSSR count). The summed E-state index contributed by atoms with van der Waals surface area (Å²) in [4.78, 5) is 23.1. The highest BCUT2D eigenvalue weighted by Gasteiger charge is 2.16. The molecule has 1 N–H and O–H groups in total. The topological polar surface area (TPSA) is 69.2 Å². The molecule has 1 aromatic carbocycles. The molecule has 0 radical (unpaired) electrons. The van der Waals surface area contributed by atoms with E-state index in [0.717, 1.165) is 6.42 Å². The Labute approximate surface area is 135 Å². The molecule has 120 valence electrons. The van der Waals surface area contributed by atoms with Gasteiger partial charge in [-0.1, -0.05) is 49.8 Å². The van der Waals surface area contributed by atoms with Crippen LogP contribution in [0.1, 0.15) is 60.9 Å². The lowest BCUT2D eigenvalue weighted by Crippen LogP contribution is -2.24. The summed E-state index contributed by atoms with van der Waals surface area (Å²) >= 11 is 6.07. The molecule has 1 aromatic rings. The highest BCUT2D eigenvalue weighted by molar-refractivity contribution is 6.34. The minimum atomic E-state index is -1.27. The zero-order chi connectivity index (χ0) is 16.1. The molecule has 1 amide bonds. The number of anilines is 1. The van der Waals surface area contributed by atoms with E-state index in [1.54, 1.807) is 6.92 Å². The van der Waals surface area contributed by atoms with E-state index in [1.165, 1.54) is 44.2 Å². The van der Waals surface area contributed by atoms with E-state index in [-0.39, 0.29) is 11.5 Å². The first-order valence-corrected chi connectivity index (χ1v) is 8.17. The SMILES string of the molecule is Cc1c(C(=O)[O-])ccc(Cl)c1NC(=O)CCC1CCCCC1. The fourth-order valence-corrected chi connectivity index (χ4v) is 3.32. The number of benzene rings is 1. The first-order valence-electron chi connectivity index (χ1n) is 7.79. The number of aromatic carboxylic acids is 1. The number of carboxylic acids is 1. The quantitative estimate of drug-likeness (QED) is 0.904. The Morgan fingerprint density at radius 2 is 1.95 bits per heavy atom. The van der Waals surface area contributed by atoms with Crippen molar-refractivity contribution < 1.29 is 14.7 Å². The van der Waals surface area contributed by atoms with E-state index < -0.39 is 5.97 Å². The van der Waals surface area contributed by atoms with Crippen LogP contribution in [0.25, 0.3) is 0 Å². The largest absolute Gasteiger partial charge is 0.545 e. The van der Waals surface area contributed by atoms with Crippen molar-refractivity contribution in [3.63, 3.8) is 0 Å². The number of halogens is 1. The number of carbonyl (C=O) groups is 2. The van der Waals surface area contributed by atoms with Crippen LogP contribution in [-0.4, -0.2) is 11.9 Å². The predicted octanol–water partition coefficient (Wildman–Crippen LogP) is 3.31. The molecule has 0 atom stereocenters. The van der Waals surface area contributed by atoms with E-state index >= 15 is 0 Å². The third-order valence-electron chi connectivity index (χ3n) is 4.40. The van der Waals surface area contributed by atoms with Gasteiger partial charge in [0.2, 0.25) is 5.91 Å². The highest BCUT2D eigenvalue weighted by Crippen LogP contribution is 2.30. The molecule has 0 unspecified atom stereocenters. The molecular weight excluding hydrogens is 302 g/mol. The Balaban J connectivity index is 1.98. The first-order chi connectivity index (χ1) is 10.5. The van der Waals surface area contributed by atoms with Gasteiger partial charge in [-0.3, -0.25) is 4.79 Å². The van der Waals surface area contributed by atoms with Gasteiger partial charge >= 0.3 is 0 Å². The molecule has 5 heteroatoms. The number of rotatable bonds is 5. The Morgan fingerprint density at radius 3 is 2.59 bits per heavy atom. The maximum Gasteiger partial charge on any atom is 0.224 e. The van der Waals surface area contributed by atoms with Crippen LogP contribution >= 0.6 is 11.6 Å². The van der Waals surface area contributed by atoms with Gasteiger partial charge in [-0.05, 0) is 30.9 Å². The summed E-state index contributed by atoms with van der Waals surface area (Å²) in [5, 5.41) is 14.1. The molecule has 4 nitrogen and oxygen atoms in total. The van der Waals surface area contributed by atoms with Crippen molar-refractivity contribution in [1.82, 2.24) is 0 Å². The third-order valence-corrected chi connectivity index (χ3v) is 4.72. The molecule has 1 aliphatic rings. The van der Waals surface area contributed by atoms with Gasteiger partial charge in [-0.2, -0.15) is 0 Å². The molecule has 0 aliphatic heterocycles. The van der Waals surface area contributed by atoms with Crippen molar-refractivity contribution in [3.8, 4) is 0 Å². The van der Waals surface area contributed by atoms with Crippen molar-refractivity contribution in [2.45, 2.75) is 51.9 Å². The minimum Gasteiger partial charge on any atom is -0.545 e. The lowest BCUT2D eigenvalue weighted by Gasteiger charge is -2.21. The lowest BCUT2D eigenvalue weighted by atomic mass is 9.86. The number of hydrogen-bond acceptors (Lipinski definition) is 3. The van der Waals surface area contributed by atoms with Gasteiger partial charge in [0.25, 0.3) is 0 Å². The van der Waals surface area contributed by atoms with Gasteiger partial charge in [0.1, 0.15) is 0 Å². The lowest BCUT2D eigenvalue weighted by molar-refractivity contribution is -0.255. The van der Waals surface area contributed by atoms with Crippen LogP contribution in [-0.2, 0) is 4.79 Å². The van der Waals surface area contributed by atoms with Crippen molar-refractivity contribution in [1.29, 1.82) is 0 Å². The standard InChI is InChI=1S/C17H22ClNO3/c1-11-13(17(21)22)8-9-14(18)16(11)19-15(20)10-7-12-5-3-2-4-6-12/h8-9,12H,2-7,10H2,1H3,(H,19,20)(H,21,22)/p-1. The summed E-state index contributed by atoms with van der Waals surface area (Å²) in [5.74, 6) is -0.761. The van der Waals surface area contributed by atoms with E-state index in [4.69, 9.17) is 11.6 Å².